The summed E-state index contributed by atoms with van der Waals surface area (Å²) in [6.07, 6.45) is 0.958. The van der Waals surface area contributed by atoms with Crippen molar-refractivity contribution in [2.45, 2.75) is 0 Å². The van der Waals surface area contributed by atoms with Crippen molar-refractivity contribution >= 4 is 31.9 Å². The van der Waals surface area contributed by atoms with Crippen molar-refractivity contribution in [3.63, 3.8) is 0 Å². The van der Waals surface area contributed by atoms with Gasteiger partial charge in [-0.2, -0.15) is 16.8 Å². The fraction of sp³-hybridized carbons (Fsp3) is 0. The Bertz CT molecular complexity index is 884. The Balaban J connectivity index is 2.67. The Morgan fingerprint density at radius 3 is 2.10 bits per heavy atom. The molecule has 0 radical (unpaired) electrons. The second kappa shape index (κ2) is 5.04. The van der Waals surface area contributed by atoms with Gasteiger partial charge in [0.1, 0.15) is 0 Å². The Labute approximate surface area is 120 Å². The van der Waals surface area contributed by atoms with Crippen LogP contribution in [-0.4, -0.2) is 28.3 Å². The molecule has 0 aromatic heterocycles. The number of Topliss-reactive ketones (excluding diaryl/α,β-unsaturated/α-hetero) is 1. The summed E-state index contributed by atoms with van der Waals surface area (Å²) in [4.78, 5) is 12.1. The van der Waals surface area contributed by atoms with Gasteiger partial charge in [0, 0.05) is 11.1 Å². The van der Waals surface area contributed by atoms with Crippen molar-refractivity contribution in [1.82, 2.24) is 4.72 Å². The fourth-order valence-electron chi connectivity index (χ4n) is 1.77. The van der Waals surface area contributed by atoms with Gasteiger partial charge in [-0.05, 0) is 6.08 Å². The number of carbonyl (C=O) groups excluding carboxylic acids is 1. The number of nitrogens with two attached hydrogens (primary N) is 2. The van der Waals surface area contributed by atoms with E-state index in [1.54, 1.807) is 6.07 Å². The van der Waals surface area contributed by atoms with Crippen LogP contribution in [0.2, 0.25) is 0 Å². The number of allylic oxidation sites excluding steroid dienone is 2. The highest BCUT2D eigenvalue weighted by Gasteiger charge is 2.26. The first kappa shape index (κ1) is 15.3. The Morgan fingerprint density at radius 1 is 1.00 bits per heavy atom. The first-order valence-electron chi connectivity index (χ1n) is 5.36. The summed E-state index contributed by atoms with van der Waals surface area (Å²) in [6.45, 7) is 0. The van der Waals surface area contributed by atoms with Gasteiger partial charge in [0.15, 0.2) is 0 Å². The van der Waals surface area contributed by atoms with E-state index in [2.05, 4.69) is 4.40 Å². The van der Waals surface area contributed by atoms with Gasteiger partial charge < -0.3 is 0 Å². The molecule has 2 rings (SSSR count). The van der Waals surface area contributed by atoms with Crippen molar-refractivity contribution in [3.05, 3.63) is 47.2 Å². The second-order valence-electron chi connectivity index (χ2n) is 4.07. The lowest BCUT2D eigenvalue weighted by Gasteiger charge is -2.17. The van der Waals surface area contributed by atoms with Crippen molar-refractivity contribution in [3.8, 4) is 0 Å². The number of rotatable bonds is 3. The zero-order valence-corrected chi connectivity index (χ0v) is 12.0. The van der Waals surface area contributed by atoms with Crippen molar-refractivity contribution < 1.29 is 21.6 Å². The molecule has 0 atom stereocenters. The molecule has 0 saturated carbocycles. The molecule has 0 bridgehead atoms. The van der Waals surface area contributed by atoms with E-state index in [1.807, 2.05) is 4.72 Å². The molecule has 9 nitrogen and oxygen atoms in total. The summed E-state index contributed by atoms with van der Waals surface area (Å²) in [7, 11) is -8.43. The molecule has 1 aromatic carbocycles. The normalized spacial score (nSPS) is 17.3. The first-order chi connectivity index (χ1) is 9.57. The van der Waals surface area contributed by atoms with Crippen molar-refractivity contribution in [1.29, 1.82) is 0 Å². The maximum atomic E-state index is 12.1. The zero-order chi connectivity index (χ0) is 15.8. The van der Waals surface area contributed by atoms with Crippen LogP contribution in [0.4, 0.5) is 0 Å². The molecule has 0 aliphatic heterocycles. The van der Waals surface area contributed by atoms with Crippen molar-refractivity contribution in [2.24, 2.45) is 14.7 Å². The van der Waals surface area contributed by atoms with E-state index in [4.69, 9.17) is 10.3 Å². The molecule has 0 saturated heterocycles. The van der Waals surface area contributed by atoms with Gasteiger partial charge in [0.05, 0.1) is 11.4 Å². The third-order valence-electron chi connectivity index (χ3n) is 2.45. The highest BCUT2D eigenvalue weighted by Crippen LogP contribution is 2.21. The standard InChI is InChI=1S/C10H10N4O5S2/c11-20(16,17)13-8-5-9(14-21(12,18)19)10(15)7-4-2-1-3-6(7)8/h1-5,14H,(H2,11,16,17)(H2,12,18,19)/b13-8-. The molecule has 21 heavy (non-hydrogen) atoms. The van der Waals surface area contributed by atoms with E-state index >= 15 is 0 Å². The van der Waals surface area contributed by atoms with Crippen LogP contribution in [0.3, 0.4) is 0 Å². The highest BCUT2D eigenvalue weighted by molar-refractivity contribution is 7.88. The summed E-state index contributed by atoms with van der Waals surface area (Å²) < 4.78 is 49.4. The van der Waals surface area contributed by atoms with Crippen LogP contribution in [0.1, 0.15) is 15.9 Å². The fourth-order valence-corrected chi connectivity index (χ4v) is 2.65. The quantitative estimate of drug-likeness (QED) is 0.616. The van der Waals surface area contributed by atoms with Gasteiger partial charge >= 0.3 is 10.2 Å². The summed E-state index contributed by atoms with van der Waals surface area (Å²) in [5.41, 5.74) is -0.289. The predicted octanol–water partition coefficient (Wildman–Crippen LogP) is -1.45. The molecule has 0 fully saturated rings. The van der Waals surface area contributed by atoms with Crippen LogP contribution in [0, 0.1) is 0 Å². The van der Waals surface area contributed by atoms with Gasteiger partial charge in [-0.1, -0.05) is 24.3 Å². The zero-order valence-electron chi connectivity index (χ0n) is 10.3. The predicted molar refractivity (Wildman–Crippen MR) is 74.7 cm³/mol. The van der Waals surface area contributed by atoms with E-state index < -0.39 is 31.9 Å². The lowest BCUT2D eigenvalue weighted by atomic mass is 9.93. The second-order valence-corrected chi connectivity index (χ2v) is 6.58. The number of nitrogens with zero attached hydrogens (tertiary/aromatic N) is 1. The molecule has 11 heteroatoms. The average molecular weight is 330 g/mol. The van der Waals surface area contributed by atoms with Crippen LogP contribution in [0.5, 0.6) is 0 Å². The van der Waals surface area contributed by atoms with Crippen LogP contribution < -0.4 is 15.0 Å². The van der Waals surface area contributed by atoms with E-state index in [9.17, 15) is 21.6 Å². The van der Waals surface area contributed by atoms with E-state index in [1.165, 1.54) is 18.2 Å². The topological polar surface area (TPSA) is 162 Å². The number of hydrogen-bond acceptors (Lipinski definition) is 5. The number of benzene rings is 1. The van der Waals surface area contributed by atoms with Gasteiger partial charge in [-0.15, -0.1) is 4.40 Å². The van der Waals surface area contributed by atoms with Gasteiger partial charge in [0.2, 0.25) is 5.78 Å². The summed E-state index contributed by atoms with van der Waals surface area (Å²) in [6, 6.07) is 5.96. The average Bonchev–Trinajstić information content (AvgIpc) is 2.32. The van der Waals surface area contributed by atoms with Crippen LogP contribution in [-0.2, 0) is 20.4 Å². The Kier molecular flexibility index (Phi) is 3.67. The minimum absolute atomic E-state index is 0.0774. The number of hydrogen-bond donors (Lipinski definition) is 3. The third-order valence-corrected chi connectivity index (χ3v) is 3.41. The summed E-state index contributed by atoms with van der Waals surface area (Å²) >= 11 is 0. The number of carbonyl (C=O) groups is 1. The molecular formula is C10H10N4O5S2. The molecule has 1 aliphatic carbocycles. The van der Waals surface area contributed by atoms with Crippen LogP contribution in [0.15, 0.2) is 40.4 Å². The monoisotopic (exact) mass is 330 g/mol. The molecule has 1 aromatic rings. The van der Waals surface area contributed by atoms with Crippen LogP contribution in [0.25, 0.3) is 0 Å². The number of ketones is 1. The SMILES string of the molecule is NS(=O)(=O)/N=C1/C=C(NS(N)(=O)=O)C(=O)c2ccccc21. The van der Waals surface area contributed by atoms with Gasteiger partial charge in [-0.25, -0.2) is 10.3 Å². The molecule has 5 N–H and O–H groups in total. The summed E-state index contributed by atoms with van der Waals surface area (Å²) in [5.74, 6) is -0.659. The number of nitrogens with one attached hydrogen (secondary N) is 1. The van der Waals surface area contributed by atoms with Crippen LogP contribution >= 0.6 is 0 Å². The smallest absolute Gasteiger partial charge is 0.287 e. The Morgan fingerprint density at radius 2 is 1.57 bits per heavy atom. The van der Waals surface area contributed by atoms with E-state index in [0.29, 0.717) is 0 Å². The van der Waals surface area contributed by atoms with Gasteiger partial charge in [-0.3, -0.25) is 9.52 Å². The van der Waals surface area contributed by atoms with E-state index in [0.717, 1.165) is 6.08 Å². The molecule has 1 aliphatic rings. The summed E-state index contributed by atoms with van der Waals surface area (Å²) in [5, 5.41) is 9.64. The maximum Gasteiger partial charge on any atom is 0.317 e. The van der Waals surface area contributed by atoms with Gasteiger partial charge in [0.25, 0.3) is 10.2 Å². The minimum atomic E-state index is -4.23. The molecule has 0 amide bonds. The molecule has 0 spiro atoms. The number of fused-ring (bicyclic) bond motifs is 1. The molecule has 0 heterocycles. The highest BCUT2D eigenvalue weighted by atomic mass is 32.2. The molecular weight excluding hydrogens is 320 g/mol. The molecule has 112 valence electrons. The van der Waals surface area contributed by atoms with Crippen molar-refractivity contribution in [2.75, 3.05) is 0 Å². The molecule has 0 unspecified atom stereocenters. The third kappa shape index (κ3) is 3.72. The lowest BCUT2D eigenvalue weighted by Crippen LogP contribution is -2.35. The largest absolute Gasteiger partial charge is 0.317 e. The Hall–Kier alpha value is -2.08. The minimum Gasteiger partial charge on any atom is -0.287 e. The first-order valence-corrected chi connectivity index (χ1v) is 8.41. The maximum absolute atomic E-state index is 12.1. The lowest BCUT2D eigenvalue weighted by molar-refractivity contribution is 0.102. The van der Waals surface area contributed by atoms with E-state index in [-0.39, 0.29) is 16.8 Å².